The lowest BCUT2D eigenvalue weighted by Crippen LogP contribution is -2.45. The largest absolute Gasteiger partial charge is 0.372 e. The van der Waals surface area contributed by atoms with Gasteiger partial charge in [-0.15, -0.1) is 0 Å². The van der Waals surface area contributed by atoms with Crippen LogP contribution in [0.3, 0.4) is 0 Å². The van der Waals surface area contributed by atoms with Crippen LogP contribution in [0.25, 0.3) is 0 Å². The third-order valence-corrected chi connectivity index (χ3v) is 4.81. The predicted octanol–water partition coefficient (Wildman–Crippen LogP) is 3.13. The molecule has 5 nitrogen and oxygen atoms in total. The number of halogens is 1. The predicted molar refractivity (Wildman–Crippen MR) is 96.3 cm³/mol. The van der Waals surface area contributed by atoms with E-state index >= 15 is 0 Å². The van der Waals surface area contributed by atoms with Gasteiger partial charge in [0.25, 0.3) is 0 Å². The van der Waals surface area contributed by atoms with Crippen molar-refractivity contribution in [3.05, 3.63) is 29.6 Å². The highest BCUT2D eigenvalue weighted by Crippen LogP contribution is 2.27. The molecule has 0 spiro atoms. The Balaban J connectivity index is 1.60. The Kier molecular flexibility index (Phi) is 5.47. The van der Waals surface area contributed by atoms with Gasteiger partial charge in [0.05, 0.1) is 17.9 Å². The smallest absolute Gasteiger partial charge is 0.317 e. The highest BCUT2D eigenvalue weighted by molar-refractivity contribution is 5.74. The molecule has 2 aliphatic rings. The summed E-state index contributed by atoms with van der Waals surface area (Å²) in [7, 11) is 0. The zero-order valence-corrected chi connectivity index (χ0v) is 15.3. The van der Waals surface area contributed by atoms with E-state index in [-0.39, 0.29) is 24.1 Å². The van der Waals surface area contributed by atoms with E-state index < -0.39 is 0 Å². The number of carbonyl (C=O) groups is 1. The number of morpholine rings is 1. The molecule has 1 aromatic carbocycles. The van der Waals surface area contributed by atoms with Crippen molar-refractivity contribution in [2.45, 2.75) is 58.4 Å². The summed E-state index contributed by atoms with van der Waals surface area (Å²) in [5.41, 5.74) is 1.38. The minimum atomic E-state index is -0.248. The number of rotatable bonds is 5. The van der Waals surface area contributed by atoms with Crippen molar-refractivity contribution >= 4 is 11.7 Å². The highest BCUT2D eigenvalue weighted by atomic mass is 19.1. The van der Waals surface area contributed by atoms with Gasteiger partial charge in [-0.25, -0.2) is 9.18 Å². The average molecular weight is 349 g/mol. The van der Waals surface area contributed by atoms with Gasteiger partial charge in [-0.1, -0.05) is 6.07 Å². The van der Waals surface area contributed by atoms with E-state index in [1.54, 1.807) is 6.07 Å². The number of benzene rings is 1. The molecule has 1 saturated carbocycles. The molecule has 0 bridgehead atoms. The maximum Gasteiger partial charge on any atom is 0.317 e. The fourth-order valence-corrected chi connectivity index (χ4v) is 3.52. The summed E-state index contributed by atoms with van der Waals surface area (Å²) in [5.74, 6) is -0.248. The minimum absolute atomic E-state index is 0.0645. The van der Waals surface area contributed by atoms with Crippen molar-refractivity contribution < 1.29 is 13.9 Å². The van der Waals surface area contributed by atoms with Gasteiger partial charge < -0.3 is 19.9 Å². The van der Waals surface area contributed by atoms with Crippen molar-refractivity contribution in [3.63, 3.8) is 0 Å². The second kappa shape index (κ2) is 7.60. The minimum Gasteiger partial charge on any atom is -0.372 e. The average Bonchev–Trinajstić information content (AvgIpc) is 3.37. The molecule has 1 aromatic rings. The Morgan fingerprint density at radius 1 is 1.32 bits per heavy atom. The van der Waals surface area contributed by atoms with Crippen molar-refractivity contribution in [1.29, 1.82) is 0 Å². The van der Waals surface area contributed by atoms with Crippen LogP contribution in [0.2, 0.25) is 0 Å². The van der Waals surface area contributed by atoms with Crippen LogP contribution < -0.4 is 10.2 Å². The molecule has 1 heterocycles. The Morgan fingerprint density at radius 2 is 2.00 bits per heavy atom. The highest BCUT2D eigenvalue weighted by Gasteiger charge is 2.31. The second-order valence-electron chi connectivity index (χ2n) is 7.12. The Hall–Kier alpha value is -1.82. The fourth-order valence-electron chi connectivity index (χ4n) is 3.52. The Labute approximate surface area is 149 Å². The van der Waals surface area contributed by atoms with Crippen LogP contribution in [-0.2, 0) is 11.3 Å². The number of anilines is 1. The number of carbonyl (C=O) groups excluding carboxylic acids is 1. The molecule has 1 saturated heterocycles. The quantitative estimate of drug-likeness (QED) is 0.888. The van der Waals surface area contributed by atoms with E-state index in [2.05, 4.69) is 5.32 Å². The van der Waals surface area contributed by atoms with Crippen LogP contribution in [0, 0.1) is 5.82 Å². The molecule has 2 fully saturated rings. The number of ether oxygens (including phenoxy) is 1. The van der Waals surface area contributed by atoms with Crippen molar-refractivity contribution in [1.82, 2.24) is 10.2 Å². The maximum absolute atomic E-state index is 14.6. The summed E-state index contributed by atoms with van der Waals surface area (Å²) in [6.07, 6.45) is 2.34. The molecule has 2 amide bonds. The Morgan fingerprint density at radius 3 is 2.56 bits per heavy atom. The molecule has 138 valence electrons. The first-order valence-corrected chi connectivity index (χ1v) is 9.21. The summed E-state index contributed by atoms with van der Waals surface area (Å²) < 4.78 is 20.3. The van der Waals surface area contributed by atoms with Crippen LogP contribution >= 0.6 is 0 Å². The van der Waals surface area contributed by atoms with E-state index in [1.165, 1.54) is 6.07 Å². The van der Waals surface area contributed by atoms with Crippen LogP contribution in [-0.4, -0.2) is 48.8 Å². The summed E-state index contributed by atoms with van der Waals surface area (Å²) in [6, 6.07) is 5.53. The second-order valence-corrected chi connectivity index (χ2v) is 7.12. The molecule has 2 atom stereocenters. The van der Waals surface area contributed by atoms with E-state index in [4.69, 9.17) is 4.74 Å². The van der Waals surface area contributed by atoms with Crippen LogP contribution in [0.15, 0.2) is 18.2 Å². The van der Waals surface area contributed by atoms with Gasteiger partial charge in [-0.05, 0) is 51.3 Å². The topological polar surface area (TPSA) is 44.8 Å². The molecule has 0 unspecified atom stereocenters. The molecule has 0 aromatic heterocycles. The number of nitrogens with one attached hydrogen (secondary N) is 1. The van der Waals surface area contributed by atoms with Gasteiger partial charge in [-0.2, -0.15) is 0 Å². The summed E-state index contributed by atoms with van der Waals surface area (Å²) in [6.45, 7) is 8.41. The lowest BCUT2D eigenvalue weighted by molar-refractivity contribution is -0.00539. The zero-order valence-electron chi connectivity index (χ0n) is 15.3. The first-order valence-electron chi connectivity index (χ1n) is 9.21. The van der Waals surface area contributed by atoms with Gasteiger partial charge in [0, 0.05) is 32.2 Å². The van der Waals surface area contributed by atoms with Crippen LogP contribution in [0.5, 0.6) is 0 Å². The number of hydrogen-bond acceptors (Lipinski definition) is 3. The van der Waals surface area contributed by atoms with Crippen LogP contribution in [0.1, 0.15) is 39.2 Å². The van der Waals surface area contributed by atoms with Gasteiger partial charge in [0.1, 0.15) is 5.82 Å². The third kappa shape index (κ3) is 4.42. The van der Waals surface area contributed by atoms with E-state index in [1.807, 2.05) is 36.6 Å². The number of nitrogens with zero attached hydrogens (tertiary/aromatic N) is 2. The van der Waals surface area contributed by atoms with Crippen molar-refractivity contribution in [2.24, 2.45) is 0 Å². The standard InChI is InChI=1S/C19H28FN3O2/c1-4-23(16-6-7-16)19(24)21-10-15-5-8-18(17(20)9-15)22-11-13(2)25-14(3)12-22/h5,8-9,13-14,16H,4,6-7,10-12H2,1-3H3,(H,21,24)/t13-,14+. The van der Waals surface area contributed by atoms with E-state index in [0.717, 1.165) is 18.4 Å². The molecule has 3 rings (SSSR count). The monoisotopic (exact) mass is 349 g/mol. The number of hydrogen-bond donors (Lipinski definition) is 1. The Bertz CT molecular complexity index is 611. The maximum atomic E-state index is 14.6. The lowest BCUT2D eigenvalue weighted by Gasteiger charge is -2.37. The molecule has 1 aliphatic carbocycles. The first-order chi connectivity index (χ1) is 12.0. The normalized spacial score (nSPS) is 23.4. The molecular weight excluding hydrogens is 321 g/mol. The van der Waals surface area contributed by atoms with Crippen LogP contribution in [0.4, 0.5) is 14.9 Å². The van der Waals surface area contributed by atoms with E-state index in [9.17, 15) is 9.18 Å². The first kappa shape index (κ1) is 18.0. The molecule has 1 aliphatic heterocycles. The molecule has 1 N–H and O–H groups in total. The van der Waals surface area contributed by atoms with E-state index in [0.29, 0.717) is 37.9 Å². The van der Waals surface area contributed by atoms with Gasteiger partial charge >= 0.3 is 6.03 Å². The summed E-state index contributed by atoms with van der Waals surface area (Å²) in [4.78, 5) is 16.1. The van der Waals surface area contributed by atoms with Gasteiger partial charge in [0.2, 0.25) is 0 Å². The zero-order chi connectivity index (χ0) is 18.0. The molecular formula is C19H28FN3O2. The molecule has 25 heavy (non-hydrogen) atoms. The third-order valence-electron chi connectivity index (χ3n) is 4.81. The van der Waals surface area contributed by atoms with Crippen molar-refractivity contribution in [3.8, 4) is 0 Å². The number of urea groups is 1. The molecule has 0 radical (unpaired) electrons. The number of amides is 2. The molecule has 6 heteroatoms. The van der Waals surface area contributed by atoms with Crippen molar-refractivity contribution in [2.75, 3.05) is 24.5 Å². The SMILES string of the molecule is CCN(C(=O)NCc1ccc(N2C[C@@H](C)O[C@@H](C)C2)c(F)c1)C1CC1. The summed E-state index contributed by atoms with van der Waals surface area (Å²) in [5, 5.41) is 2.90. The lowest BCUT2D eigenvalue weighted by atomic mass is 10.1. The van der Waals surface area contributed by atoms with Gasteiger partial charge in [0.15, 0.2) is 0 Å². The summed E-state index contributed by atoms with van der Waals surface area (Å²) >= 11 is 0. The fraction of sp³-hybridized carbons (Fsp3) is 0.632. The van der Waals surface area contributed by atoms with Gasteiger partial charge in [-0.3, -0.25) is 0 Å².